The summed E-state index contributed by atoms with van der Waals surface area (Å²) < 4.78 is 22.9. The SMILES string of the molecule is CC/C=C\C/C=C\C/C=C\C/C=C\CCCCCCCCCCCCCCCCCCCCC(=O)NC(COC1OC(CO)C(OC2OC(CO)C(O)C(O)C2O)C(O)C1O)C(O)/C=C/CCCCCCCCCCCCCCCCCCCCCCCCCCCCCCC. The van der Waals surface area contributed by atoms with Crippen LogP contribution < -0.4 is 5.32 Å². The van der Waals surface area contributed by atoms with Gasteiger partial charge in [-0.15, -0.1) is 0 Å². The smallest absolute Gasteiger partial charge is 0.220 e. The highest BCUT2D eigenvalue weighted by molar-refractivity contribution is 5.76. The predicted octanol–water partition coefficient (Wildman–Crippen LogP) is 18.4. The minimum absolute atomic E-state index is 0.234. The van der Waals surface area contributed by atoms with Crippen molar-refractivity contribution in [3.63, 3.8) is 0 Å². The van der Waals surface area contributed by atoms with E-state index in [0.717, 1.165) is 64.2 Å². The molecule has 2 aliphatic rings. The zero-order valence-electron chi connectivity index (χ0n) is 61.6. The number of amides is 1. The number of unbranched alkanes of at least 4 members (excludes halogenated alkanes) is 47. The molecule has 2 saturated heterocycles. The van der Waals surface area contributed by atoms with E-state index in [4.69, 9.17) is 18.9 Å². The van der Waals surface area contributed by atoms with Crippen LogP contribution in [0.4, 0.5) is 0 Å². The summed E-state index contributed by atoms with van der Waals surface area (Å²) in [5.41, 5.74) is 0. The van der Waals surface area contributed by atoms with Crippen LogP contribution in [0.25, 0.3) is 0 Å². The van der Waals surface area contributed by atoms with Gasteiger partial charge in [0.15, 0.2) is 12.6 Å². The first kappa shape index (κ1) is 89.8. The number of hydrogen-bond donors (Lipinski definition) is 9. The van der Waals surface area contributed by atoms with Crippen LogP contribution in [0.2, 0.25) is 0 Å². The van der Waals surface area contributed by atoms with Crippen molar-refractivity contribution < 1.29 is 64.6 Å². The van der Waals surface area contributed by atoms with Crippen molar-refractivity contribution >= 4 is 5.91 Å². The van der Waals surface area contributed by atoms with Gasteiger partial charge in [0.25, 0.3) is 0 Å². The number of rotatable bonds is 68. The summed E-state index contributed by atoms with van der Waals surface area (Å²) in [7, 11) is 0. The van der Waals surface area contributed by atoms with Crippen molar-refractivity contribution in [3.8, 4) is 0 Å². The summed E-state index contributed by atoms with van der Waals surface area (Å²) in [6, 6.07) is -0.918. The highest BCUT2D eigenvalue weighted by Gasteiger charge is 2.51. The molecule has 14 nitrogen and oxygen atoms in total. The van der Waals surface area contributed by atoms with Crippen LogP contribution in [0, 0.1) is 0 Å². The first-order valence-electron chi connectivity index (χ1n) is 40.5. The summed E-state index contributed by atoms with van der Waals surface area (Å²) in [6.45, 7) is 2.75. The Morgan fingerprint density at radius 1 is 0.385 bits per heavy atom. The molecule has 14 heteroatoms. The molecule has 2 aliphatic heterocycles. The van der Waals surface area contributed by atoms with E-state index in [2.05, 4.69) is 67.8 Å². The average molecular weight is 1360 g/mol. The van der Waals surface area contributed by atoms with Gasteiger partial charge in [0.1, 0.15) is 48.8 Å². The number of hydrogen-bond acceptors (Lipinski definition) is 13. The Labute approximate surface area is 587 Å². The zero-order valence-corrected chi connectivity index (χ0v) is 61.6. The molecule has 2 fully saturated rings. The number of aliphatic hydroxyl groups excluding tert-OH is 8. The zero-order chi connectivity index (χ0) is 69.4. The number of carbonyl (C=O) groups excluding carboxylic acids is 1. The molecule has 0 aromatic heterocycles. The number of aliphatic hydroxyl groups is 8. The standard InChI is InChI=1S/C82H151NO13/c1-3-5-7-9-11-13-15-17-19-21-23-25-27-29-31-33-35-37-39-41-43-45-47-49-51-53-55-57-59-61-63-65-71(86)70(69-93-81-79(92)77(90)80(73(68-85)95-81)96-82-78(91)76(89)75(88)72(67-84)94-82)83-74(87)66-64-62-60-58-56-54-52-50-48-46-44-42-40-38-36-34-32-30-28-26-24-22-20-18-16-14-12-10-8-6-4-2/h6,8,12,14,18,20,24,26,63,65,70-73,75-82,84-86,88-92H,3-5,7,9-11,13,15-17,19,21-23,25,27-62,64,66-69H2,1-2H3,(H,83,87)/b8-6-,14-12-,20-18-,26-24-,65-63+. The fourth-order valence-electron chi connectivity index (χ4n) is 13.3. The molecule has 0 bridgehead atoms. The molecule has 1 amide bonds. The second-order valence-electron chi connectivity index (χ2n) is 28.5. The molecular weight excluding hydrogens is 1210 g/mol. The van der Waals surface area contributed by atoms with E-state index in [9.17, 15) is 45.6 Å². The van der Waals surface area contributed by atoms with Gasteiger partial charge in [-0.2, -0.15) is 0 Å². The second kappa shape index (κ2) is 66.0. The second-order valence-corrected chi connectivity index (χ2v) is 28.5. The highest BCUT2D eigenvalue weighted by Crippen LogP contribution is 2.30. The average Bonchev–Trinajstić information content (AvgIpc) is 0.797. The lowest BCUT2D eigenvalue weighted by atomic mass is 9.97. The van der Waals surface area contributed by atoms with Crippen LogP contribution in [0.1, 0.15) is 361 Å². The predicted molar refractivity (Wildman–Crippen MR) is 397 cm³/mol. The van der Waals surface area contributed by atoms with Crippen molar-refractivity contribution in [1.82, 2.24) is 5.32 Å². The first-order chi connectivity index (χ1) is 47.1. The van der Waals surface area contributed by atoms with Crippen LogP contribution in [0.15, 0.2) is 60.8 Å². The first-order valence-corrected chi connectivity index (χ1v) is 40.5. The number of ether oxygens (including phenoxy) is 4. The maximum Gasteiger partial charge on any atom is 0.220 e. The highest BCUT2D eigenvalue weighted by atomic mass is 16.7. The van der Waals surface area contributed by atoms with Crippen molar-refractivity contribution in [2.45, 2.75) is 434 Å². The molecule has 0 radical (unpaired) electrons. The van der Waals surface area contributed by atoms with Gasteiger partial charge in [0, 0.05) is 6.42 Å². The molecule has 2 heterocycles. The van der Waals surface area contributed by atoms with Crippen molar-refractivity contribution in [2.75, 3.05) is 19.8 Å². The monoisotopic (exact) mass is 1360 g/mol. The van der Waals surface area contributed by atoms with Crippen LogP contribution in [-0.2, 0) is 23.7 Å². The summed E-state index contributed by atoms with van der Waals surface area (Å²) in [5, 5.41) is 87.7. The van der Waals surface area contributed by atoms with Gasteiger partial charge in [0.05, 0.1) is 32.0 Å². The largest absolute Gasteiger partial charge is 0.394 e. The summed E-state index contributed by atoms with van der Waals surface area (Å²) in [6.07, 6.45) is 73.0. The number of allylic oxidation sites excluding steroid dienone is 9. The normalized spacial score (nSPS) is 22.5. The summed E-state index contributed by atoms with van der Waals surface area (Å²) in [5.74, 6) is -0.234. The maximum atomic E-state index is 13.4. The van der Waals surface area contributed by atoms with Gasteiger partial charge < -0.3 is 65.1 Å². The van der Waals surface area contributed by atoms with Gasteiger partial charge in [-0.3, -0.25) is 4.79 Å². The molecule has 12 atom stereocenters. The quantitative estimate of drug-likeness (QED) is 0.0204. The van der Waals surface area contributed by atoms with Crippen LogP contribution in [-0.4, -0.2) is 140 Å². The third-order valence-corrected chi connectivity index (χ3v) is 19.7. The Bertz CT molecular complexity index is 1840. The Hall–Kier alpha value is -2.31. The van der Waals surface area contributed by atoms with E-state index >= 15 is 0 Å². The van der Waals surface area contributed by atoms with Crippen LogP contribution in [0.3, 0.4) is 0 Å². The van der Waals surface area contributed by atoms with E-state index < -0.39 is 86.8 Å². The molecule has 0 saturated carbocycles. The Balaban J connectivity index is 1.61. The van der Waals surface area contributed by atoms with E-state index in [-0.39, 0.29) is 18.9 Å². The topological polar surface area (TPSA) is 228 Å². The minimum atomic E-state index is -1.79. The summed E-state index contributed by atoms with van der Waals surface area (Å²) >= 11 is 0. The van der Waals surface area contributed by atoms with Gasteiger partial charge in [-0.1, -0.05) is 357 Å². The lowest BCUT2D eigenvalue weighted by Gasteiger charge is -2.46. The van der Waals surface area contributed by atoms with E-state index in [1.165, 1.54) is 270 Å². The van der Waals surface area contributed by atoms with Gasteiger partial charge in [-0.05, 0) is 57.8 Å². The molecular formula is C82H151NO13. The van der Waals surface area contributed by atoms with Gasteiger partial charge in [0.2, 0.25) is 5.91 Å². The minimum Gasteiger partial charge on any atom is -0.394 e. The number of carbonyl (C=O) groups is 1. The molecule has 0 spiro atoms. The molecule has 562 valence electrons. The molecule has 0 aromatic rings. The fourth-order valence-corrected chi connectivity index (χ4v) is 13.3. The molecule has 9 N–H and O–H groups in total. The van der Waals surface area contributed by atoms with Crippen molar-refractivity contribution in [2.24, 2.45) is 0 Å². The van der Waals surface area contributed by atoms with Crippen LogP contribution >= 0.6 is 0 Å². The Kier molecular flexibility index (Phi) is 61.7. The van der Waals surface area contributed by atoms with E-state index in [1.807, 2.05) is 6.08 Å². The Morgan fingerprint density at radius 3 is 1.10 bits per heavy atom. The summed E-state index contributed by atoms with van der Waals surface area (Å²) in [4.78, 5) is 13.4. The lowest BCUT2D eigenvalue weighted by molar-refractivity contribution is -0.359. The third kappa shape index (κ3) is 48.5. The lowest BCUT2D eigenvalue weighted by Crippen LogP contribution is -2.65. The molecule has 96 heavy (non-hydrogen) atoms. The van der Waals surface area contributed by atoms with Gasteiger partial charge >= 0.3 is 0 Å². The number of nitrogens with one attached hydrogen (secondary N) is 1. The molecule has 2 rings (SSSR count). The maximum absolute atomic E-state index is 13.4. The van der Waals surface area contributed by atoms with Crippen molar-refractivity contribution in [1.29, 1.82) is 0 Å². The fraction of sp³-hybridized carbons (Fsp3) is 0.866. The van der Waals surface area contributed by atoms with E-state index in [1.54, 1.807) is 6.08 Å². The van der Waals surface area contributed by atoms with E-state index in [0.29, 0.717) is 6.42 Å². The van der Waals surface area contributed by atoms with Crippen molar-refractivity contribution in [3.05, 3.63) is 60.8 Å². The molecule has 0 aliphatic carbocycles. The molecule has 12 unspecified atom stereocenters. The third-order valence-electron chi connectivity index (χ3n) is 19.7. The Morgan fingerprint density at radius 2 is 0.719 bits per heavy atom. The van der Waals surface area contributed by atoms with Gasteiger partial charge in [-0.25, -0.2) is 0 Å². The molecule has 0 aromatic carbocycles. The van der Waals surface area contributed by atoms with Crippen LogP contribution in [0.5, 0.6) is 0 Å².